The summed E-state index contributed by atoms with van der Waals surface area (Å²) in [4.78, 5) is 16.7. The number of hydrazone groups is 1. The number of aromatic nitrogens is 1. The van der Waals surface area contributed by atoms with Crippen LogP contribution in [0.4, 0.5) is 11.5 Å². The Kier molecular flexibility index (Phi) is 7.92. The number of hydrogen-bond acceptors (Lipinski definition) is 6. The smallest absolute Gasteiger partial charge is 0.255 e. The SMILES string of the molecule is CCN(CC)S(=O)(=O)c1ccc(N/N=C/c2cccc(NC(=O)c3ccc(C)cc3)c2)nc1. The number of sulfonamides is 1. The van der Waals surface area contributed by atoms with Gasteiger partial charge in [-0.15, -0.1) is 0 Å². The topological polar surface area (TPSA) is 104 Å². The molecule has 0 radical (unpaired) electrons. The van der Waals surface area contributed by atoms with Gasteiger partial charge in [-0.2, -0.15) is 9.41 Å². The molecular weight excluding hydrogens is 438 g/mol. The van der Waals surface area contributed by atoms with Crippen LogP contribution >= 0.6 is 0 Å². The first kappa shape index (κ1) is 24.1. The van der Waals surface area contributed by atoms with Crippen molar-refractivity contribution in [1.82, 2.24) is 9.29 Å². The third kappa shape index (κ3) is 6.24. The number of carbonyl (C=O) groups is 1. The first-order valence-corrected chi connectivity index (χ1v) is 12.0. The van der Waals surface area contributed by atoms with Crippen LogP contribution in [-0.2, 0) is 10.0 Å². The zero-order valence-corrected chi connectivity index (χ0v) is 19.6. The van der Waals surface area contributed by atoms with Gasteiger partial charge in [-0.25, -0.2) is 13.4 Å². The third-order valence-corrected chi connectivity index (χ3v) is 6.96. The van der Waals surface area contributed by atoms with Crippen LogP contribution in [0.5, 0.6) is 0 Å². The standard InChI is InChI=1S/C24H27N5O3S/c1-4-29(5-2)33(31,32)22-13-14-23(25-17-22)28-26-16-19-7-6-8-21(15-19)27-24(30)20-11-9-18(3)10-12-20/h6-17H,4-5H2,1-3H3,(H,25,28)(H,27,30)/b26-16+. The van der Waals surface area contributed by atoms with Gasteiger partial charge in [0.1, 0.15) is 10.7 Å². The van der Waals surface area contributed by atoms with E-state index in [9.17, 15) is 13.2 Å². The first-order valence-electron chi connectivity index (χ1n) is 10.6. The lowest BCUT2D eigenvalue weighted by Crippen LogP contribution is -2.30. The molecule has 1 heterocycles. The van der Waals surface area contributed by atoms with Crippen LogP contribution < -0.4 is 10.7 Å². The van der Waals surface area contributed by atoms with Crippen molar-refractivity contribution in [1.29, 1.82) is 0 Å². The molecule has 0 saturated carbocycles. The molecule has 1 amide bonds. The van der Waals surface area contributed by atoms with E-state index in [1.54, 1.807) is 50.4 Å². The van der Waals surface area contributed by atoms with Gasteiger partial charge in [-0.05, 0) is 48.9 Å². The molecule has 0 aliphatic heterocycles. The number of aryl methyl sites for hydroxylation is 1. The second-order valence-electron chi connectivity index (χ2n) is 7.28. The van der Waals surface area contributed by atoms with Gasteiger partial charge in [-0.3, -0.25) is 10.2 Å². The molecule has 0 fully saturated rings. The Morgan fingerprint density at radius 3 is 2.42 bits per heavy atom. The fraction of sp³-hybridized carbons (Fsp3) is 0.208. The molecule has 2 aromatic carbocycles. The summed E-state index contributed by atoms with van der Waals surface area (Å²) in [6, 6.07) is 17.7. The van der Waals surface area contributed by atoms with Gasteiger partial charge in [-0.1, -0.05) is 43.7 Å². The molecule has 0 aliphatic carbocycles. The van der Waals surface area contributed by atoms with Crippen molar-refractivity contribution < 1.29 is 13.2 Å². The Balaban J connectivity index is 1.62. The molecule has 0 saturated heterocycles. The van der Waals surface area contributed by atoms with Gasteiger partial charge < -0.3 is 5.32 Å². The fourth-order valence-corrected chi connectivity index (χ4v) is 4.49. The number of carbonyl (C=O) groups excluding carboxylic acids is 1. The van der Waals surface area contributed by atoms with E-state index in [1.165, 1.54) is 16.6 Å². The van der Waals surface area contributed by atoms with E-state index in [0.29, 0.717) is 30.2 Å². The Labute approximate surface area is 194 Å². The van der Waals surface area contributed by atoms with Crippen LogP contribution in [0.2, 0.25) is 0 Å². The lowest BCUT2D eigenvalue weighted by molar-refractivity contribution is 0.102. The molecule has 0 aliphatic rings. The lowest BCUT2D eigenvalue weighted by Gasteiger charge is -2.18. The van der Waals surface area contributed by atoms with E-state index in [1.807, 2.05) is 31.2 Å². The highest BCUT2D eigenvalue weighted by atomic mass is 32.2. The third-order valence-electron chi connectivity index (χ3n) is 4.93. The Morgan fingerprint density at radius 1 is 1.06 bits per heavy atom. The van der Waals surface area contributed by atoms with Gasteiger partial charge >= 0.3 is 0 Å². The summed E-state index contributed by atoms with van der Waals surface area (Å²) in [7, 11) is -3.55. The van der Waals surface area contributed by atoms with E-state index in [-0.39, 0.29) is 10.8 Å². The van der Waals surface area contributed by atoms with Crippen LogP contribution in [0.1, 0.15) is 35.3 Å². The van der Waals surface area contributed by atoms with Crippen LogP contribution in [0.3, 0.4) is 0 Å². The van der Waals surface area contributed by atoms with Gasteiger partial charge in [0.2, 0.25) is 10.0 Å². The van der Waals surface area contributed by atoms with Crippen molar-refractivity contribution in [2.45, 2.75) is 25.7 Å². The molecule has 0 spiro atoms. The molecule has 3 aromatic rings. The predicted octanol–water partition coefficient (Wildman–Crippen LogP) is 4.12. The molecule has 172 valence electrons. The Bertz CT molecular complexity index is 1220. The minimum absolute atomic E-state index is 0.137. The summed E-state index contributed by atoms with van der Waals surface area (Å²) in [6.45, 7) is 6.35. The maximum Gasteiger partial charge on any atom is 0.255 e. The summed E-state index contributed by atoms with van der Waals surface area (Å²) in [5.74, 6) is 0.222. The fourth-order valence-electron chi connectivity index (χ4n) is 3.09. The summed E-state index contributed by atoms with van der Waals surface area (Å²) in [5.41, 5.74) is 5.87. The summed E-state index contributed by atoms with van der Waals surface area (Å²) >= 11 is 0. The normalized spacial score (nSPS) is 11.6. The van der Waals surface area contributed by atoms with Crippen molar-refractivity contribution in [3.63, 3.8) is 0 Å². The average Bonchev–Trinajstić information content (AvgIpc) is 2.81. The first-order chi connectivity index (χ1) is 15.8. The average molecular weight is 466 g/mol. The van der Waals surface area contributed by atoms with Crippen LogP contribution in [0, 0.1) is 6.92 Å². The van der Waals surface area contributed by atoms with Gasteiger partial charge in [0.15, 0.2) is 0 Å². The van der Waals surface area contributed by atoms with Gasteiger partial charge in [0.05, 0.1) is 6.21 Å². The highest BCUT2D eigenvalue weighted by Gasteiger charge is 2.21. The number of amides is 1. The van der Waals surface area contributed by atoms with Crippen molar-refractivity contribution in [3.05, 3.63) is 83.6 Å². The molecule has 9 heteroatoms. The van der Waals surface area contributed by atoms with E-state index < -0.39 is 10.0 Å². The predicted molar refractivity (Wildman–Crippen MR) is 131 cm³/mol. The lowest BCUT2D eigenvalue weighted by atomic mass is 10.1. The minimum atomic E-state index is -3.55. The summed E-state index contributed by atoms with van der Waals surface area (Å²) in [5, 5.41) is 7.02. The van der Waals surface area contributed by atoms with Crippen LogP contribution in [-0.4, -0.2) is 42.9 Å². The number of anilines is 2. The van der Waals surface area contributed by atoms with Crippen LogP contribution in [0.15, 0.2) is 76.9 Å². The maximum atomic E-state index is 12.5. The summed E-state index contributed by atoms with van der Waals surface area (Å²) in [6.07, 6.45) is 2.90. The minimum Gasteiger partial charge on any atom is -0.322 e. The van der Waals surface area contributed by atoms with Crippen molar-refractivity contribution in [2.24, 2.45) is 5.10 Å². The number of hydrogen-bond donors (Lipinski definition) is 2. The molecule has 0 unspecified atom stereocenters. The zero-order valence-electron chi connectivity index (χ0n) is 18.8. The second kappa shape index (κ2) is 10.8. The van der Waals surface area contributed by atoms with Crippen molar-refractivity contribution >= 4 is 33.7 Å². The summed E-state index contributed by atoms with van der Waals surface area (Å²) < 4.78 is 26.4. The Hall–Kier alpha value is -3.56. The number of rotatable bonds is 9. The number of pyridine rings is 1. The molecule has 0 atom stereocenters. The van der Waals surface area contributed by atoms with Crippen molar-refractivity contribution in [3.8, 4) is 0 Å². The van der Waals surface area contributed by atoms with E-state index in [2.05, 4.69) is 20.8 Å². The zero-order chi connectivity index (χ0) is 23.8. The van der Waals surface area contributed by atoms with Crippen molar-refractivity contribution in [2.75, 3.05) is 23.8 Å². The molecular formula is C24H27N5O3S. The highest BCUT2D eigenvalue weighted by Crippen LogP contribution is 2.16. The molecule has 8 nitrogen and oxygen atoms in total. The van der Waals surface area contributed by atoms with Gasteiger partial charge in [0.25, 0.3) is 5.91 Å². The largest absolute Gasteiger partial charge is 0.322 e. The number of benzene rings is 2. The van der Waals surface area contributed by atoms with E-state index >= 15 is 0 Å². The molecule has 0 bridgehead atoms. The molecule has 1 aromatic heterocycles. The Morgan fingerprint density at radius 2 is 1.79 bits per heavy atom. The van der Waals surface area contributed by atoms with Crippen LogP contribution in [0.25, 0.3) is 0 Å². The van der Waals surface area contributed by atoms with E-state index in [4.69, 9.17) is 0 Å². The molecule has 33 heavy (non-hydrogen) atoms. The maximum absolute atomic E-state index is 12.5. The molecule has 3 rings (SSSR count). The molecule has 2 N–H and O–H groups in total. The van der Waals surface area contributed by atoms with E-state index in [0.717, 1.165) is 11.1 Å². The van der Waals surface area contributed by atoms with Gasteiger partial charge in [0, 0.05) is 30.5 Å². The highest BCUT2D eigenvalue weighted by molar-refractivity contribution is 7.89. The second-order valence-corrected chi connectivity index (χ2v) is 9.22. The monoisotopic (exact) mass is 465 g/mol. The quantitative estimate of drug-likeness (QED) is 0.365. The number of nitrogens with zero attached hydrogens (tertiary/aromatic N) is 3. The number of nitrogens with one attached hydrogen (secondary N) is 2.